The predicted molar refractivity (Wildman–Crippen MR) is 101 cm³/mol. The van der Waals surface area contributed by atoms with Crippen LogP contribution in [0.1, 0.15) is 66.4 Å². The summed E-state index contributed by atoms with van der Waals surface area (Å²) in [6, 6.07) is 8.55. The number of ether oxygens (including phenoxy) is 1. The summed E-state index contributed by atoms with van der Waals surface area (Å²) in [5, 5.41) is 0. The van der Waals surface area contributed by atoms with E-state index in [9.17, 15) is 0 Å². The van der Waals surface area contributed by atoms with Gasteiger partial charge in [-0.05, 0) is 55.0 Å². The molecule has 132 valence electrons. The Morgan fingerprint density at radius 2 is 1.48 bits per heavy atom. The van der Waals surface area contributed by atoms with Gasteiger partial charge in [0.25, 0.3) is 0 Å². The second-order valence-corrected chi connectivity index (χ2v) is 9.25. The van der Waals surface area contributed by atoms with Gasteiger partial charge in [-0.2, -0.15) is 0 Å². The summed E-state index contributed by atoms with van der Waals surface area (Å²) < 4.78 is 5.83. The van der Waals surface area contributed by atoms with Crippen LogP contribution in [-0.4, -0.2) is 25.1 Å². The van der Waals surface area contributed by atoms with E-state index in [0.29, 0.717) is 5.41 Å². The van der Waals surface area contributed by atoms with Crippen LogP contribution in [0.4, 0.5) is 0 Å². The van der Waals surface area contributed by atoms with Crippen molar-refractivity contribution in [1.82, 2.24) is 4.90 Å². The van der Waals surface area contributed by atoms with Crippen LogP contribution in [0.15, 0.2) is 24.3 Å². The lowest BCUT2D eigenvalue weighted by Gasteiger charge is -2.21. The molecule has 0 radical (unpaired) electrons. The Kier molecular flexibility index (Phi) is 7.60. The second-order valence-electron chi connectivity index (χ2n) is 9.25. The standard InChI is InChI=1S/C21H37NO/c1-20(2,3)14-8-9-15-22(7)16-18-10-12-19(13-11-18)23-17-21(4,5)6/h10-13H,8-9,14-17H2,1-7H3. The highest BCUT2D eigenvalue weighted by Gasteiger charge is 2.11. The van der Waals surface area contributed by atoms with Crippen LogP contribution in [0.2, 0.25) is 0 Å². The minimum Gasteiger partial charge on any atom is -0.493 e. The van der Waals surface area contributed by atoms with Crippen LogP contribution in [0.25, 0.3) is 0 Å². The molecule has 1 rings (SSSR count). The summed E-state index contributed by atoms with van der Waals surface area (Å²) in [7, 11) is 2.21. The van der Waals surface area contributed by atoms with Crippen LogP contribution < -0.4 is 4.74 Å². The molecule has 0 aliphatic carbocycles. The average molecular weight is 320 g/mol. The Hall–Kier alpha value is -1.02. The minimum absolute atomic E-state index is 0.200. The van der Waals surface area contributed by atoms with Crippen LogP contribution in [0, 0.1) is 10.8 Å². The number of nitrogens with zero attached hydrogens (tertiary/aromatic N) is 1. The summed E-state index contributed by atoms with van der Waals surface area (Å²) in [5.41, 5.74) is 2.01. The zero-order valence-electron chi connectivity index (χ0n) is 16.4. The van der Waals surface area contributed by atoms with Crippen molar-refractivity contribution in [3.05, 3.63) is 29.8 Å². The van der Waals surface area contributed by atoms with E-state index in [1.54, 1.807) is 0 Å². The Balaban J connectivity index is 2.31. The molecule has 0 saturated heterocycles. The van der Waals surface area contributed by atoms with E-state index in [0.717, 1.165) is 18.9 Å². The van der Waals surface area contributed by atoms with Crippen molar-refractivity contribution in [3.63, 3.8) is 0 Å². The molecule has 2 heteroatoms. The lowest BCUT2D eigenvalue weighted by atomic mass is 9.90. The molecule has 0 heterocycles. The highest BCUT2D eigenvalue weighted by Crippen LogP contribution is 2.22. The fraction of sp³-hybridized carbons (Fsp3) is 0.714. The summed E-state index contributed by atoms with van der Waals surface area (Å²) >= 11 is 0. The first kappa shape index (κ1) is 20.0. The van der Waals surface area contributed by atoms with Gasteiger partial charge in [0.1, 0.15) is 5.75 Å². The van der Waals surface area contributed by atoms with E-state index < -0.39 is 0 Å². The van der Waals surface area contributed by atoms with Crippen molar-refractivity contribution in [1.29, 1.82) is 0 Å². The quantitative estimate of drug-likeness (QED) is 0.565. The van der Waals surface area contributed by atoms with E-state index >= 15 is 0 Å². The van der Waals surface area contributed by atoms with Crippen molar-refractivity contribution >= 4 is 0 Å². The normalized spacial score (nSPS) is 12.7. The zero-order valence-corrected chi connectivity index (χ0v) is 16.4. The van der Waals surface area contributed by atoms with Crippen molar-refractivity contribution in [2.45, 2.75) is 67.3 Å². The summed E-state index contributed by atoms with van der Waals surface area (Å²) in [5.74, 6) is 0.969. The van der Waals surface area contributed by atoms with Crippen molar-refractivity contribution in [3.8, 4) is 5.75 Å². The number of benzene rings is 1. The SMILES string of the molecule is CN(CCCCC(C)(C)C)Cc1ccc(OCC(C)(C)C)cc1. The molecule has 0 aromatic heterocycles. The molecule has 1 aromatic carbocycles. The number of unbranched alkanes of at least 4 members (excludes halogenated alkanes) is 1. The molecule has 0 aliphatic rings. The Labute approximate surface area is 144 Å². The van der Waals surface area contributed by atoms with Gasteiger partial charge in [0.05, 0.1) is 6.61 Å². The van der Waals surface area contributed by atoms with Gasteiger partial charge in [0.15, 0.2) is 0 Å². The lowest BCUT2D eigenvalue weighted by molar-refractivity contribution is 0.198. The molecule has 0 aliphatic heterocycles. The molecule has 0 saturated carbocycles. The Morgan fingerprint density at radius 3 is 2.00 bits per heavy atom. The van der Waals surface area contributed by atoms with Crippen molar-refractivity contribution in [2.24, 2.45) is 10.8 Å². The molecule has 0 unspecified atom stereocenters. The molecule has 23 heavy (non-hydrogen) atoms. The third-order valence-corrected chi connectivity index (χ3v) is 3.76. The maximum Gasteiger partial charge on any atom is 0.119 e. The van der Waals surface area contributed by atoms with Gasteiger partial charge in [-0.3, -0.25) is 0 Å². The summed E-state index contributed by atoms with van der Waals surface area (Å²) in [6.07, 6.45) is 3.90. The smallest absolute Gasteiger partial charge is 0.119 e. The topological polar surface area (TPSA) is 12.5 Å². The predicted octanol–water partition coefficient (Wildman–Crippen LogP) is 5.76. The molecule has 0 bridgehead atoms. The average Bonchev–Trinajstić information content (AvgIpc) is 2.41. The third-order valence-electron chi connectivity index (χ3n) is 3.76. The maximum atomic E-state index is 5.83. The molecule has 2 nitrogen and oxygen atoms in total. The monoisotopic (exact) mass is 319 g/mol. The third kappa shape index (κ3) is 10.4. The molecule has 0 fully saturated rings. The number of hydrogen-bond donors (Lipinski definition) is 0. The van der Waals surface area contributed by atoms with Gasteiger partial charge in [-0.25, -0.2) is 0 Å². The van der Waals surface area contributed by atoms with Gasteiger partial charge >= 0.3 is 0 Å². The van der Waals surface area contributed by atoms with Gasteiger partial charge in [0, 0.05) is 6.54 Å². The molecule has 0 N–H and O–H groups in total. The molecular weight excluding hydrogens is 282 g/mol. The van der Waals surface area contributed by atoms with E-state index in [1.165, 1.54) is 31.4 Å². The highest BCUT2D eigenvalue weighted by molar-refractivity contribution is 5.27. The van der Waals surface area contributed by atoms with Crippen molar-refractivity contribution in [2.75, 3.05) is 20.2 Å². The van der Waals surface area contributed by atoms with E-state index in [2.05, 4.69) is 77.8 Å². The lowest BCUT2D eigenvalue weighted by Crippen LogP contribution is -2.19. The van der Waals surface area contributed by atoms with E-state index in [1.807, 2.05) is 0 Å². The largest absolute Gasteiger partial charge is 0.493 e. The maximum absolute atomic E-state index is 5.83. The first-order valence-corrected chi connectivity index (χ1v) is 8.95. The molecule has 0 spiro atoms. The first-order chi connectivity index (χ1) is 10.6. The Bertz CT molecular complexity index is 436. The highest BCUT2D eigenvalue weighted by atomic mass is 16.5. The van der Waals surface area contributed by atoms with Crippen LogP contribution in [0.3, 0.4) is 0 Å². The molecular formula is C21H37NO. The summed E-state index contributed by atoms with van der Waals surface area (Å²) in [6.45, 7) is 16.5. The van der Waals surface area contributed by atoms with Crippen molar-refractivity contribution < 1.29 is 4.74 Å². The molecule has 0 amide bonds. The first-order valence-electron chi connectivity index (χ1n) is 8.95. The Morgan fingerprint density at radius 1 is 0.870 bits per heavy atom. The molecule has 0 atom stereocenters. The van der Waals surface area contributed by atoms with Crippen LogP contribution in [-0.2, 0) is 6.54 Å². The van der Waals surface area contributed by atoms with Gasteiger partial charge < -0.3 is 9.64 Å². The second kappa shape index (κ2) is 8.73. The minimum atomic E-state index is 0.200. The van der Waals surface area contributed by atoms with Gasteiger partial charge in [0.2, 0.25) is 0 Å². The fourth-order valence-electron chi connectivity index (χ4n) is 2.42. The number of rotatable bonds is 8. The van der Waals surface area contributed by atoms with Gasteiger partial charge in [-0.1, -0.05) is 60.1 Å². The van der Waals surface area contributed by atoms with Gasteiger partial charge in [-0.15, -0.1) is 0 Å². The zero-order chi connectivity index (χ0) is 17.5. The van der Waals surface area contributed by atoms with Crippen LogP contribution >= 0.6 is 0 Å². The molecule has 1 aromatic rings. The van der Waals surface area contributed by atoms with Crippen LogP contribution in [0.5, 0.6) is 5.75 Å². The van der Waals surface area contributed by atoms with E-state index in [-0.39, 0.29) is 5.41 Å². The number of hydrogen-bond acceptors (Lipinski definition) is 2. The van der Waals surface area contributed by atoms with E-state index in [4.69, 9.17) is 4.74 Å². The fourth-order valence-corrected chi connectivity index (χ4v) is 2.42. The summed E-state index contributed by atoms with van der Waals surface area (Å²) in [4.78, 5) is 2.41.